The Kier molecular flexibility index (Phi) is 4.53. The Balaban J connectivity index is 1.86. The molecule has 1 aromatic rings. The highest BCUT2D eigenvalue weighted by Gasteiger charge is 2.37. The van der Waals surface area contributed by atoms with Gasteiger partial charge < -0.3 is 15.0 Å². The van der Waals surface area contributed by atoms with Gasteiger partial charge >= 0.3 is 6.09 Å². The zero-order valence-corrected chi connectivity index (χ0v) is 13.2. The second kappa shape index (κ2) is 6.23. The molecule has 8 heteroatoms. The minimum absolute atomic E-state index is 0.0909. The van der Waals surface area contributed by atoms with E-state index in [0.29, 0.717) is 5.69 Å². The molecule has 1 fully saturated rings. The lowest BCUT2D eigenvalue weighted by Gasteiger charge is -2.38. The summed E-state index contributed by atoms with van der Waals surface area (Å²) < 4.78 is 5.21. The van der Waals surface area contributed by atoms with Crippen molar-refractivity contribution in [2.45, 2.75) is 26.4 Å². The molecule has 0 aromatic heterocycles. The van der Waals surface area contributed by atoms with Gasteiger partial charge in [0, 0.05) is 30.9 Å². The maximum Gasteiger partial charge on any atom is 0.410 e. The van der Waals surface area contributed by atoms with Crippen LogP contribution in [-0.2, 0) is 9.53 Å². The lowest BCUT2D eigenvalue weighted by Crippen LogP contribution is -2.55. The van der Waals surface area contributed by atoms with Crippen LogP contribution in [0.1, 0.15) is 20.8 Å². The molecular formula is C15H19N3O5. The zero-order chi connectivity index (χ0) is 17.2. The quantitative estimate of drug-likeness (QED) is 0.680. The van der Waals surface area contributed by atoms with Gasteiger partial charge in [0.25, 0.3) is 5.69 Å². The number of nitro groups is 1. The van der Waals surface area contributed by atoms with Crippen LogP contribution in [0.2, 0.25) is 0 Å². The Labute approximate surface area is 133 Å². The monoisotopic (exact) mass is 321 g/mol. The molecule has 0 saturated carbocycles. The topological polar surface area (TPSA) is 102 Å². The van der Waals surface area contributed by atoms with E-state index in [1.165, 1.54) is 23.1 Å². The fourth-order valence-electron chi connectivity index (χ4n) is 2.06. The van der Waals surface area contributed by atoms with Crippen molar-refractivity contribution in [1.82, 2.24) is 4.90 Å². The average molecular weight is 321 g/mol. The smallest absolute Gasteiger partial charge is 0.410 e. The van der Waals surface area contributed by atoms with Crippen LogP contribution in [0.15, 0.2) is 24.3 Å². The molecule has 1 heterocycles. The Morgan fingerprint density at radius 2 is 2.00 bits per heavy atom. The van der Waals surface area contributed by atoms with E-state index in [0.717, 1.165) is 0 Å². The largest absolute Gasteiger partial charge is 0.444 e. The molecule has 2 rings (SSSR count). The summed E-state index contributed by atoms with van der Waals surface area (Å²) in [6.07, 6.45) is -0.447. The second-order valence-corrected chi connectivity index (χ2v) is 6.38. The van der Waals surface area contributed by atoms with E-state index in [1.807, 2.05) is 0 Å². The summed E-state index contributed by atoms with van der Waals surface area (Å²) in [6, 6.07) is 5.72. The van der Waals surface area contributed by atoms with Crippen LogP contribution in [0.3, 0.4) is 0 Å². The van der Waals surface area contributed by atoms with Crippen LogP contribution >= 0.6 is 0 Å². The Hall–Kier alpha value is -2.64. The van der Waals surface area contributed by atoms with Gasteiger partial charge in [-0.15, -0.1) is 0 Å². The first kappa shape index (κ1) is 16.7. The number of ether oxygens (including phenoxy) is 1. The maximum absolute atomic E-state index is 12.1. The van der Waals surface area contributed by atoms with Crippen molar-refractivity contribution in [3.05, 3.63) is 34.4 Å². The van der Waals surface area contributed by atoms with E-state index in [2.05, 4.69) is 5.32 Å². The molecular weight excluding hydrogens is 302 g/mol. The third-order valence-electron chi connectivity index (χ3n) is 3.23. The van der Waals surface area contributed by atoms with Gasteiger partial charge in [-0.3, -0.25) is 14.9 Å². The summed E-state index contributed by atoms with van der Waals surface area (Å²) >= 11 is 0. The van der Waals surface area contributed by atoms with Crippen LogP contribution < -0.4 is 5.32 Å². The van der Waals surface area contributed by atoms with Gasteiger partial charge in [0.1, 0.15) is 5.60 Å². The number of carbonyl (C=O) groups excluding carboxylic acids is 2. The molecule has 0 unspecified atom stereocenters. The predicted octanol–water partition coefficient (Wildman–Crippen LogP) is 2.40. The van der Waals surface area contributed by atoms with Crippen molar-refractivity contribution in [3.63, 3.8) is 0 Å². The van der Waals surface area contributed by atoms with Gasteiger partial charge in [-0.1, -0.05) is 6.07 Å². The van der Waals surface area contributed by atoms with Crippen LogP contribution in [0.4, 0.5) is 16.2 Å². The number of hydrogen-bond acceptors (Lipinski definition) is 5. The molecule has 0 atom stereocenters. The first-order chi connectivity index (χ1) is 10.7. The summed E-state index contributed by atoms with van der Waals surface area (Å²) in [5.74, 6) is -0.618. The van der Waals surface area contributed by atoms with Gasteiger partial charge in [-0.05, 0) is 26.8 Å². The molecule has 1 aliphatic heterocycles. The molecule has 0 spiro atoms. The summed E-state index contributed by atoms with van der Waals surface area (Å²) in [6.45, 7) is 5.87. The lowest BCUT2D eigenvalue weighted by molar-refractivity contribution is -0.384. The molecule has 2 amide bonds. The molecule has 1 aliphatic rings. The summed E-state index contributed by atoms with van der Waals surface area (Å²) in [4.78, 5) is 35.5. The number of rotatable bonds is 3. The van der Waals surface area contributed by atoms with Crippen molar-refractivity contribution in [2.24, 2.45) is 5.92 Å². The lowest BCUT2D eigenvalue weighted by atomic mass is 10.00. The van der Waals surface area contributed by atoms with Gasteiger partial charge in [-0.2, -0.15) is 0 Å². The molecule has 23 heavy (non-hydrogen) atoms. The fourth-order valence-corrected chi connectivity index (χ4v) is 2.06. The number of non-ortho nitro benzene ring substituents is 1. The molecule has 0 radical (unpaired) electrons. The number of benzene rings is 1. The van der Waals surface area contributed by atoms with Gasteiger partial charge in [0.15, 0.2) is 0 Å². The van der Waals surface area contributed by atoms with Crippen molar-refractivity contribution in [3.8, 4) is 0 Å². The van der Waals surface area contributed by atoms with E-state index in [-0.39, 0.29) is 30.6 Å². The Morgan fingerprint density at radius 1 is 1.35 bits per heavy atom. The van der Waals surface area contributed by atoms with Gasteiger partial charge in [0.2, 0.25) is 5.91 Å². The normalized spacial score (nSPS) is 14.8. The van der Waals surface area contributed by atoms with Crippen LogP contribution in [-0.4, -0.2) is 40.5 Å². The molecule has 1 aromatic carbocycles. The third kappa shape index (κ3) is 4.41. The van der Waals surface area contributed by atoms with Crippen LogP contribution in [0, 0.1) is 16.0 Å². The predicted molar refractivity (Wildman–Crippen MR) is 83.0 cm³/mol. The number of amides is 2. The molecule has 0 aliphatic carbocycles. The first-order valence-electron chi connectivity index (χ1n) is 7.19. The molecule has 124 valence electrons. The van der Waals surface area contributed by atoms with Crippen molar-refractivity contribution in [2.75, 3.05) is 18.4 Å². The highest BCUT2D eigenvalue weighted by molar-refractivity contribution is 5.94. The maximum atomic E-state index is 12.1. The molecule has 1 saturated heterocycles. The van der Waals surface area contributed by atoms with Crippen molar-refractivity contribution >= 4 is 23.4 Å². The molecule has 0 bridgehead atoms. The van der Waals surface area contributed by atoms with Crippen molar-refractivity contribution in [1.29, 1.82) is 0 Å². The number of anilines is 1. The zero-order valence-electron chi connectivity index (χ0n) is 13.2. The summed E-state index contributed by atoms with van der Waals surface area (Å²) in [5.41, 5.74) is -0.306. The number of hydrogen-bond donors (Lipinski definition) is 1. The highest BCUT2D eigenvalue weighted by Crippen LogP contribution is 2.22. The number of nitro benzene ring substituents is 1. The van der Waals surface area contributed by atoms with E-state index in [4.69, 9.17) is 4.74 Å². The van der Waals surface area contributed by atoms with Gasteiger partial charge in [-0.25, -0.2) is 4.79 Å². The summed E-state index contributed by atoms with van der Waals surface area (Å²) in [7, 11) is 0. The van der Waals surface area contributed by atoms with Crippen LogP contribution in [0.5, 0.6) is 0 Å². The minimum Gasteiger partial charge on any atom is -0.444 e. The Bertz CT molecular complexity index is 632. The molecule has 1 N–H and O–H groups in total. The number of nitrogens with zero attached hydrogens (tertiary/aromatic N) is 2. The first-order valence-corrected chi connectivity index (χ1v) is 7.19. The third-order valence-corrected chi connectivity index (χ3v) is 3.23. The standard InChI is InChI=1S/C15H19N3O5/c1-15(2,3)23-14(20)17-8-10(9-17)13(19)16-11-5-4-6-12(7-11)18(21)22/h4-7,10H,8-9H2,1-3H3,(H,16,19). The number of likely N-dealkylation sites (tertiary alicyclic amines) is 1. The van der Waals surface area contributed by atoms with E-state index in [1.54, 1.807) is 26.8 Å². The van der Waals surface area contributed by atoms with Crippen LogP contribution in [0.25, 0.3) is 0 Å². The van der Waals surface area contributed by atoms with Gasteiger partial charge in [0.05, 0.1) is 10.8 Å². The summed E-state index contributed by atoms with van der Waals surface area (Å²) in [5, 5.41) is 13.3. The van der Waals surface area contributed by atoms with E-state index >= 15 is 0 Å². The SMILES string of the molecule is CC(C)(C)OC(=O)N1CC(C(=O)Nc2cccc([N+](=O)[O-])c2)C1. The van der Waals surface area contributed by atoms with Crippen molar-refractivity contribution < 1.29 is 19.2 Å². The average Bonchev–Trinajstić information content (AvgIpc) is 2.34. The number of nitrogens with one attached hydrogen (secondary N) is 1. The highest BCUT2D eigenvalue weighted by atomic mass is 16.6. The Morgan fingerprint density at radius 3 is 2.57 bits per heavy atom. The fraction of sp³-hybridized carbons (Fsp3) is 0.467. The second-order valence-electron chi connectivity index (χ2n) is 6.38. The number of carbonyl (C=O) groups is 2. The van der Waals surface area contributed by atoms with E-state index in [9.17, 15) is 19.7 Å². The van der Waals surface area contributed by atoms with E-state index < -0.39 is 16.6 Å². The molecule has 8 nitrogen and oxygen atoms in total. The minimum atomic E-state index is -0.576.